The molecule has 1 fully saturated rings. The zero-order chi connectivity index (χ0) is 16.8. The minimum absolute atomic E-state index is 0.122. The molecule has 0 aromatic carbocycles. The predicted octanol–water partition coefficient (Wildman–Crippen LogP) is 0.269. The van der Waals surface area contributed by atoms with Gasteiger partial charge in [0.1, 0.15) is 18.1 Å². The van der Waals surface area contributed by atoms with E-state index in [2.05, 4.69) is 20.5 Å². The number of amides is 1. The predicted molar refractivity (Wildman–Crippen MR) is 88.1 cm³/mol. The van der Waals surface area contributed by atoms with Crippen molar-refractivity contribution in [2.45, 2.75) is 26.1 Å². The highest BCUT2D eigenvalue weighted by Gasteiger charge is 2.25. The summed E-state index contributed by atoms with van der Waals surface area (Å²) in [6, 6.07) is 5.04. The van der Waals surface area contributed by atoms with Gasteiger partial charge in [0, 0.05) is 19.0 Å². The topological polar surface area (TPSA) is 86.7 Å². The molecule has 0 aliphatic carbocycles. The lowest BCUT2D eigenvalue weighted by atomic mass is 10.1. The van der Waals surface area contributed by atoms with E-state index in [4.69, 9.17) is 4.74 Å². The van der Waals surface area contributed by atoms with Gasteiger partial charge in [-0.3, -0.25) is 10.1 Å². The molecule has 128 valence electrons. The van der Waals surface area contributed by atoms with Crippen LogP contribution in [0.4, 0.5) is 5.82 Å². The highest BCUT2D eigenvalue weighted by atomic mass is 16.5. The van der Waals surface area contributed by atoms with Crippen LogP contribution >= 0.6 is 0 Å². The summed E-state index contributed by atoms with van der Waals surface area (Å²) >= 11 is 0. The first-order chi connectivity index (χ1) is 11.0. The number of aliphatic hydroxyl groups excluding tert-OH is 1. The lowest BCUT2D eigenvalue weighted by Crippen LogP contribution is -2.44. The Balaban J connectivity index is 2.21. The Morgan fingerprint density at radius 1 is 1.35 bits per heavy atom. The molecule has 1 aromatic rings. The van der Waals surface area contributed by atoms with E-state index in [-0.39, 0.29) is 11.8 Å². The quantitative estimate of drug-likeness (QED) is 0.652. The Morgan fingerprint density at radius 3 is 2.65 bits per heavy atom. The van der Waals surface area contributed by atoms with E-state index in [1.54, 1.807) is 7.05 Å². The molecule has 0 saturated carbocycles. The molecule has 2 heterocycles. The van der Waals surface area contributed by atoms with E-state index in [1.165, 1.54) is 0 Å². The van der Waals surface area contributed by atoms with Crippen LogP contribution in [-0.4, -0.2) is 55.6 Å². The molecule has 7 heteroatoms. The largest absolute Gasteiger partial charge is 0.378 e. The molecule has 0 radical (unpaired) electrons. The van der Waals surface area contributed by atoms with Crippen LogP contribution in [0, 0.1) is 5.92 Å². The molecule has 0 spiro atoms. The SMILES string of the molecule is CNC(O)C(NC(=O)C(C)C)c1cccc(N2CCOCC2)n1. The van der Waals surface area contributed by atoms with Crippen LogP contribution < -0.4 is 15.5 Å². The van der Waals surface area contributed by atoms with Crippen LogP contribution in [0.2, 0.25) is 0 Å². The van der Waals surface area contributed by atoms with E-state index in [0.717, 1.165) is 18.9 Å². The molecule has 2 atom stereocenters. The third-order valence-electron chi connectivity index (χ3n) is 3.84. The molecule has 2 rings (SSSR count). The van der Waals surface area contributed by atoms with Crippen molar-refractivity contribution in [3.8, 4) is 0 Å². The Labute approximate surface area is 137 Å². The zero-order valence-electron chi connectivity index (χ0n) is 14.0. The fourth-order valence-electron chi connectivity index (χ4n) is 2.38. The Kier molecular flexibility index (Phi) is 6.32. The highest BCUT2D eigenvalue weighted by molar-refractivity contribution is 5.78. The van der Waals surface area contributed by atoms with Crippen molar-refractivity contribution in [2.75, 3.05) is 38.3 Å². The van der Waals surface area contributed by atoms with Crippen LogP contribution in [0.15, 0.2) is 18.2 Å². The summed E-state index contributed by atoms with van der Waals surface area (Å²) in [6.45, 7) is 6.56. The van der Waals surface area contributed by atoms with Crippen molar-refractivity contribution >= 4 is 11.7 Å². The second-order valence-corrected chi connectivity index (χ2v) is 5.89. The molecule has 2 unspecified atom stereocenters. The maximum atomic E-state index is 12.0. The minimum Gasteiger partial charge on any atom is -0.378 e. The van der Waals surface area contributed by atoms with Gasteiger partial charge in [-0.15, -0.1) is 0 Å². The number of nitrogens with zero attached hydrogens (tertiary/aromatic N) is 2. The van der Waals surface area contributed by atoms with E-state index >= 15 is 0 Å². The number of ether oxygens (including phenoxy) is 1. The second-order valence-electron chi connectivity index (χ2n) is 5.89. The number of hydrogen-bond donors (Lipinski definition) is 3. The van der Waals surface area contributed by atoms with E-state index in [0.29, 0.717) is 18.9 Å². The summed E-state index contributed by atoms with van der Waals surface area (Å²) in [7, 11) is 1.64. The van der Waals surface area contributed by atoms with Gasteiger partial charge in [0.25, 0.3) is 0 Å². The van der Waals surface area contributed by atoms with Crippen molar-refractivity contribution < 1.29 is 14.6 Å². The number of rotatable bonds is 6. The number of aliphatic hydroxyl groups is 1. The van der Waals surface area contributed by atoms with Crippen molar-refractivity contribution in [3.63, 3.8) is 0 Å². The number of pyridine rings is 1. The van der Waals surface area contributed by atoms with Crippen molar-refractivity contribution in [3.05, 3.63) is 23.9 Å². The van der Waals surface area contributed by atoms with E-state index in [9.17, 15) is 9.90 Å². The first kappa shape index (κ1) is 17.7. The van der Waals surface area contributed by atoms with Crippen LogP contribution in [0.5, 0.6) is 0 Å². The van der Waals surface area contributed by atoms with Crippen LogP contribution in [0.1, 0.15) is 25.6 Å². The van der Waals surface area contributed by atoms with Gasteiger partial charge in [-0.25, -0.2) is 4.98 Å². The lowest BCUT2D eigenvalue weighted by Gasteiger charge is -2.29. The molecule has 1 saturated heterocycles. The summed E-state index contributed by atoms with van der Waals surface area (Å²) in [5.41, 5.74) is 0.629. The molecule has 1 amide bonds. The number of morpholine rings is 1. The fourth-order valence-corrected chi connectivity index (χ4v) is 2.38. The van der Waals surface area contributed by atoms with Gasteiger partial charge in [-0.05, 0) is 19.2 Å². The Hall–Kier alpha value is -1.70. The summed E-state index contributed by atoms with van der Waals surface area (Å²) < 4.78 is 5.36. The molecule has 1 aliphatic heterocycles. The Bertz CT molecular complexity index is 518. The molecular weight excluding hydrogens is 296 g/mol. The van der Waals surface area contributed by atoms with Gasteiger partial charge in [0.05, 0.1) is 18.9 Å². The monoisotopic (exact) mass is 322 g/mol. The van der Waals surface area contributed by atoms with Crippen molar-refractivity contribution in [2.24, 2.45) is 5.92 Å². The molecule has 0 bridgehead atoms. The van der Waals surface area contributed by atoms with Crippen molar-refractivity contribution in [1.29, 1.82) is 0 Å². The van der Waals surface area contributed by atoms with Crippen LogP contribution in [-0.2, 0) is 9.53 Å². The number of aromatic nitrogens is 1. The smallest absolute Gasteiger partial charge is 0.223 e. The summed E-state index contributed by atoms with van der Waals surface area (Å²) in [5, 5.41) is 15.8. The van der Waals surface area contributed by atoms with E-state index < -0.39 is 12.3 Å². The number of carbonyl (C=O) groups is 1. The maximum Gasteiger partial charge on any atom is 0.223 e. The molecule has 1 aromatic heterocycles. The normalized spacial score (nSPS) is 17.9. The number of hydrogen-bond acceptors (Lipinski definition) is 6. The zero-order valence-corrected chi connectivity index (χ0v) is 14.0. The summed E-state index contributed by atoms with van der Waals surface area (Å²) in [6.07, 6.45) is -0.912. The molecular formula is C16H26N4O3. The Morgan fingerprint density at radius 2 is 2.04 bits per heavy atom. The standard InChI is InChI=1S/C16H26N4O3/c1-11(2)15(21)19-14(16(22)17-3)12-5-4-6-13(18-12)20-7-9-23-10-8-20/h4-6,11,14,16-17,22H,7-10H2,1-3H3,(H,19,21). The van der Waals surface area contributed by atoms with Crippen LogP contribution in [0.25, 0.3) is 0 Å². The molecule has 3 N–H and O–H groups in total. The van der Waals surface area contributed by atoms with Gasteiger partial charge in [-0.1, -0.05) is 19.9 Å². The molecule has 1 aliphatic rings. The number of anilines is 1. The second kappa shape index (κ2) is 8.24. The average molecular weight is 322 g/mol. The van der Waals surface area contributed by atoms with E-state index in [1.807, 2.05) is 32.0 Å². The lowest BCUT2D eigenvalue weighted by molar-refractivity contribution is -0.125. The van der Waals surface area contributed by atoms with Crippen LogP contribution in [0.3, 0.4) is 0 Å². The number of carbonyl (C=O) groups excluding carboxylic acids is 1. The van der Waals surface area contributed by atoms with Gasteiger partial charge in [-0.2, -0.15) is 0 Å². The number of nitrogens with one attached hydrogen (secondary N) is 2. The summed E-state index contributed by atoms with van der Waals surface area (Å²) in [4.78, 5) is 18.8. The van der Waals surface area contributed by atoms with Gasteiger partial charge < -0.3 is 20.1 Å². The highest BCUT2D eigenvalue weighted by Crippen LogP contribution is 2.19. The number of likely N-dealkylation sites (N-methyl/N-ethyl adjacent to an activating group) is 1. The van der Waals surface area contributed by atoms with Crippen molar-refractivity contribution in [1.82, 2.24) is 15.6 Å². The third-order valence-corrected chi connectivity index (χ3v) is 3.84. The van der Waals surface area contributed by atoms with Gasteiger partial charge in [0.15, 0.2) is 0 Å². The van der Waals surface area contributed by atoms with Gasteiger partial charge in [0.2, 0.25) is 5.91 Å². The first-order valence-electron chi connectivity index (χ1n) is 7.98. The molecule has 7 nitrogen and oxygen atoms in total. The minimum atomic E-state index is -0.912. The average Bonchev–Trinajstić information content (AvgIpc) is 2.59. The van der Waals surface area contributed by atoms with Gasteiger partial charge >= 0.3 is 0 Å². The molecule has 23 heavy (non-hydrogen) atoms. The third kappa shape index (κ3) is 4.63. The first-order valence-corrected chi connectivity index (χ1v) is 7.98. The fraction of sp³-hybridized carbons (Fsp3) is 0.625. The summed E-state index contributed by atoms with van der Waals surface area (Å²) in [5.74, 6) is 0.546. The maximum absolute atomic E-state index is 12.0.